The van der Waals surface area contributed by atoms with Crippen LogP contribution >= 0.6 is 11.3 Å². The van der Waals surface area contributed by atoms with E-state index < -0.39 is 0 Å². The molecule has 1 N–H and O–H groups in total. The lowest BCUT2D eigenvalue weighted by Crippen LogP contribution is -2.49. The predicted molar refractivity (Wildman–Crippen MR) is 118 cm³/mol. The molecule has 1 aromatic heterocycles. The monoisotopic (exact) mass is 407 g/mol. The number of carbonyl (C=O) groups is 1. The molecule has 1 aliphatic heterocycles. The fourth-order valence-electron chi connectivity index (χ4n) is 3.48. The number of aromatic nitrogens is 2. The lowest BCUT2D eigenvalue weighted by molar-refractivity contribution is -0.130. The molecule has 0 atom stereocenters. The number of anilines is 3. The van der Waals surface area contributed by atoms with Crippen LogP contribution in [0.1, 0.15) is 16.1 Å². The Balaban J connectivity index is 1.31. The molecule has 0 radical (unpaired) electrons. The van der Waals surface area contributed by atoms with Gasteiger partial charge in [-0.25, -0.2) is 0 Å². The average Bonchev–Trinajstić information content (AvgIpc) is 3.16. The first-order valence-electron chi connectivity index (χ1n) is 9.83. The molecule has 0 unspecified atom stereocenters. The van der Waals surface area contributed by atoms with Gasteiger partial charge in [-0.15, -0.1) is 10.2 Å². The van der Waals surface area contributed by atoms with Gasteiger partial charge in [0.15, 0.2) is 0 Å². The normalized spacial score (nSPS) is 14.1. The van der Waals surface area contributed by atoms with Crippen LogP contribution in [0, 0.1) is 13.8 Å². The number of amides is 1. The van der Waals surface area contributed by atoms with Crippen LogP contribution in [0.5, 0.6) is 0 Å². The Kier molecular flexibility index (Phi) is 5.76. The molecule has 150 valence electrons. The summed E-state index contributed by atoms with van der Waals surface area (Å²) in [4.78, 5) is 17.0. The molecule has 6 nitrogen and oxygen atoms in total. The van der Waals surface area contributed by atoms with Crippen molar-refractivity contribution in [3.63, 3.8) is 0 Å². The van der Waals surface area contributed by atoms with Crippen molar-refractivity contribution < 1.29 is 4.79 Å². The van der Waals surface area contributed by atoms with E-state index in [0.29, 0.717) is 11.6 Å². The highest BCUT2D eigenvalue weighted by atomic mass is 32.1. The molecule has 4 rings (SSSR count). The largest absolute Gasteiger partial charge is 0.368 e. The number of hydrogen-bond donors (Lipinski definition) is 1. The fraction of sp³-hybridized carbons (Fsp3) is 0.318. The van der Waals surface area contributed by atoms with Gasteiger partial charge in [0, 0.05) is 37.6 Å². The molecule has 29 heavy (non-hydrogen) atoms. The van der Waals surface area contributed by atoms with Crippen molar-refractivity contribution >= 4 is 33.8 Å². The van der Waals surface area contributed by atoms with Crippen LogP contribution < -0.4 is 10.2 Å². The minimum atomic E-state index is 0.118. The van der Waals surface area contributed by atoms with Crippen molar-refractivity contribution in [2.45, 2.75) is 20.3 Å². The van der Waals surface area contributed by atoms with Gasteiger partial charge in [0.2, 0.25) is 11.0 Å². The van der Waals surface area contributed by atoms with Gasteiger partial charge in [0.05, 0.1) is 6.42 Å². The first kappa shape index (κ1) is 19.4. The maximum atomic E-state index is 12.7. The molecule has 0 bridgehead atoms. The van der Waals surface area contributed by atoms with Gasteiger partial charge in [-0.2, -0.15) is 0 Å². The Hall–Kier alpha value is -2.93. The zero-order valence-electron chi connectivity index (χ0n) is 16.8. The third kappa shape index (κ3) is 4.74. The molecule has 1 aliphatic rings. The topological polar surface area (TPSA) is 61.4 Å². The van der Waals surface area contributed by atoms with Crippen LogP contribution in [0.15, 0.2) is 48.5 Å². The van der Waals surface area contributed by atoms with Crippen LogP contribution in [-0.4, -0.2) is 47.2 Å². The summed E-state index contributed by atoms with van der Waals surface area (Å²) in [5, 5.41) is 13.1. The smallest absolute Gasteiger partial charge is 0.229 e. The summed E-state index contributed by atoms with van der Waals surface area (Å²) in [7, 11) is 0. The van der Waals surface area contributed by atoms with Crippen molar-refractivity contribution in [3.8, 4) is 0 Å². The molecular formula is C22H25N5OS. The number of carbonyl (C=O) groups excluding carboxylic acids is 1. The second kappa shape index (κ2) is 8.61. The van der Waals surface area contributed by atoms with Crippen molar-refractivity contribution in [3.05, 3.63) is 64.7 Å². The van der Waals surface area contributed by atoms with E-state index in [1.807, 2.05) is 36.1 Å². The maximum Gasteiger partial charge on any atom is 0.229 e. The Labute approximate surface area is 175 Å². The molecule has 3 aromatic rings. The number of para-hydroxylation sites is 1. The SMILES string of the molecule is Cc1cccc(N2CCN(C(=O)Cc3nnc(Nc4ccccc4C)s3)CC2)c1. The number of piperazine rings is 1. The second-order valence-corrected chi connectivity index (χ2v) is 8.39. The van der Waals surface area contributed by atoms with Crippen LogP contribution in [0.4, 0.5) is 16.5 Å². The van der Waals surface area contributed by atoms with Gasteiger partial charge in [-0.05, 0) is 43.2 Å². The minimum Gasteiger partial charge on any atom is -0.368 e. The van der Waals surface area contributed by atoms with Crippen LogP contribution in [0.25, 0.3) is 0 Å². The Morgan fingerprint density at radius 3 is 2.59 bits per heavy atom. The second-order valence-electron chi connectivity index (χ2n) is 7.32. The van der Waals surface area contributed by atoms with Crippen molar-refractivity contribution in [2.75, 3.05) is 36.4 Å². The molecule has 2 heterocycles. The van der Waals surface area contributed by atoms with E-state index in [1.165, 1.54) is 22.6 Å². The first-order valence-corrected chi connectivity index (χ1v) is 10.6. The molecule has 0 saturated carbocycles. The number of aryl methyl sites for hydroxylation is 2. The van der Waals surface area contributed by atoms with Crippen molar-refractivity contribution in [2.24, 2.45) is 0 Å². The zero-order valence-corrected chi connectivity index (χ0v) is 17.6. The zero-order chi connectivity index (χ0) is 20.2. The molecule has 1 saturated heterocycles. The molecule has 1 fully saturated rings. The van der Waals surface area contributed by atoms with E-state index in [4.69, 9.17) is 0 Å². The van der Waals surface area contributed by atoms with Crippen molar-refractivity contribution in [1.29, 1.82) is 0 Å². The highest BCUT2D eigenvalue weighted by Gasteiger charge is 2.22. The lowest BCUT2D eigenvalue weighted by atomic mass is 10.2. The average molecular weight is 408 g/mol. The number of benzene rings is 2. The predicted octanol–water partition coefficient (Wildman–Crippen LogP) is 3.79. The molecule has 0 spiro atoms. The van der Waals surface area contributed by atoms with Crippen molar-refractivity contribution in [1.82, 2.24) is 15.1 Å². The van der Waals surface area contributed by atoms with Crippen LogP contribution in [0.2, 0.25) is 0 Å². The number of nitrogens with one attached hydrogen (secondary N) is 1. The molecule has 1 amide bonds. The molecular weight excluding hydrogens is 382 g/mol. The third-order valence-corrected chi connectivity index (χ3v) is 5.99. The van der Waals surface area contributed by atoms with Gasteiger partial charge >= 0.3 is 0 Å². The van der Waals surface area contributed by atoms with E-state index in [0.717, 1.165) is 42.4 Å². The number of hydrogen-bond acceptors (Lipinski definition) is 6. The third-order valence-electron chi connectivity index (χ3n) is 5.16. The summed E-state index contributed by atoms with van der Waals surface area (Å²) in [6.45, 7) is 7.33. The summed E-state index contributed by atoms with van der Waals surface area (Å²) >= 11 is 1.44. The minimum absolute atomic E-state index is 0.118. The molecule has 0 aliphatic carbocycles. The fourth-order valence-corrected chi connectivity index (χ4v) is 4.23. The maximum absolute atomic E-state index is 12.7. The standard InChI is InChI=1S/C22H25N5OS/c1-16-6-5-8-18(14-16)26-10-12-27(13-11-26)21(28)15-20-24-25-22(29-20)23-19-9-4-3-7-17(19)2/h3-9,14H,10-13,15H2,1-2H3,(H,23,25). The summed E-state index contributed by atoms with van der Waals surface area (Å²) in [6, 6.07) is 16.6. The number of rotatable bonds is 5. The van der Waals surface area contributed by atoms with Crippen LogP contribution in [0.3, 0.4) is 0 Å². The van der Waals surface area contributed by atoms with E-state index >= 15 is 0 Å². The Morgan fingerprint density at radius 1 is 1.03 bits per heavy atom. The highest BCUT2D eigenvalue weighted by molar-refractivity contribution is 7.15. The molecule has 7 heteroatoms. The van der Waals surface area contributed by atoms with Crippen LogP contribution in [-0.2, 0) is 11.2 Å². The van der Waals surface area contributed by atoms with Gasteiger partial charge in [0.1, 0.15) is 5.01 Å². The van der Waals surface area contributed by atoms with Gasteiger partial charge < -0.3 is 15.1 Å². The lowest BCUT2D eigenvalue weighted by Gasteiger charge is -2.36. The summed E-state index contributed by atoms with van der Waals surface area (Å²) in [6.07, 6.45) is 0.303. The Morgan fingerprint density at radius 2 is 1.83 bits per heavy atom. The van der Waals surface area contributed by atoms with E-state index in [9.17, 15) is 4.79 Å². The quantitative estimate of drug-likeness (QED) is 0.697. The van der Waals surface area contributed by atoms with Gasteiger partial charge in [0.25, 0.3) is 0 Å². The first-order chi connectivity index (χ1) is 14.1. The van der Waals surface area contributed by atoms with E-state index in [-0.39, 0.29) is 5.91 Å². The Bertz CT molecular complexity index is 994. The highest BCUT2D eigenvalue weighted by Crippen LogP contribution is 2.24. The summed E-state index contributed by atoms with van der Waals surface area (Å²) in [5.41, 5.74) is 4.64. The van der Waals surface area contributed by atoms with E-state index in [1.54, 1.807) is 0 Å². The summed E-state index contributed by atoms with van der Waals surface area (Å²) in [5.74, 6) is 0.118. The molecule has 2 aromatic carbocycles. The van der Waals surface area contributed by atoms with E-state index in [2.05, 4.69) is 51.6 Å². The number of nitrogens with zero attached hydrogens (tertiary/aromatic N) is 4. The van der Waals surface area contributed by atoms with Gasteiger partial charge in [-0.1, -0.05) is 41.7 Å². The summed E-state index contributed by atoms with van der Waals surface area (Å²) < 4.78 is 0. The van der Waals surface area contributed by atoms with Gasteiger partial charge in [-0.3, -0.25) is 4.79 Å².